The van der Waals surface area contributed by atoms with Gasteiger partial charge in [0.25, 0.3) is 0 Å². The molecule has 1 N–H and O–H groups in total. The van der Waals surface area contributed by atoms with Crippen molar-refractivity contribution in [3.8, 4) is 0 Å². The molecule has 0 bridgehead atoms. The van der Waals surface area contributed by atoms with Gasteiger partial charge in [0.15, 0.2) is 0 Å². The third kappa shape index (κ3) is 3.34. The lowest BCUT2D eigenvalue weighted by Crippen LogP contribution is -2.27. The van der Waals surface area contributed by atoms with Gasteiger partial charge in [-0.25, -0.2) is 0 Å². The second kappa shape index (κ2) is 6.03. The van der Waals surface area contributed by atoms with Crippen LogP contribution in [-0.2, 0) is 4.79 Å². The molecule has 0 aliphatic heterocycles. The number of amides is 1. The first-order chi connectivity index (χ1) is 8.69. The Hall–Kier alpha value is -1.31. The molecule has 98 valence electrons. The zero-order valence-electron chi connectivity index (χ0n) is 11.4. The van der Waals surface area contributed by atoms with Gasteiger partial charge in [-0.15, -0.1) is 0 Å². The highest BCUT2D eigenvalue weighted by Gasteiger charge is 2.25. The molecule has 0 spiro atoms. The Kier molecular flexibility index (Phi) is 4.40. The molecule has 1 aromatic carbocycles. The van der Waals surface area contributed by atoms with E-state index in [-0.39, 0.29) is 11.8 Å². The van der Waals surface area contributed by atoms with Gasteiger partial charge in [0.2, 0.25) is 5.91 Å². The van der Waals surface area contributed by atoms with E-state index in [1.165, 1.54) is 24.8 Å². The maximum atomic E-state index is 12.2. The molecule has 2 rings (SSSR count). The molecular weight excluding hydrogens is 222 g/mol. The topological polar surface area (TPSA) is 29.1 Å². The number of carbonyl (C=O) groups excluding carboxylic acids is 1. The Balaban J connectivity index is 1.89. The molecule has 1 aliphatic carbocycles. The third-order valence-electron chi connectivity index (χ3n) is 4.08. The molecule has 1 aliphatic rings. The molecule has 1 aromatic rings. The Morgan fingerprint density at radius 2 is 2.00 bits per heavy atom. The second-order valence-electron chi connectivity index (χ2n) is 5.48. The summed E-state index contributed by atoms with van der Waals surface area (Å²) in [6.45, 7) is 4.29. The van der Waals surface area contributed by atoms with Crippen LogP contribution in [0.1, 0.15) is 44.6 Å². The molecule has 1 fully saturated rings. The van der Waals surface area contributed by atoms with Crippen molar-refractivity contribution >= 4 is 11.6 Å². The van der Waals surface area contributed by atoms with E-state index >= 15 is 0 Å². The average molecular weight is 245 g/mol. The van der Waals surface area contributed by atoms with Crippen molar-refractivity contribution in [1.82, 2.24) is 0 Å². The summed E-state index contributed by atoms with van der Waals surface area (Å²) in [5, 5.41) is 3.05. The van der Waals surface area contributed by atoms with Crippen LogP contribution in [0.15, 0.2) is 24.3 Å². The summed E-state index contributed by atoms with van der Waals surface area (Å²) in [6, 6.07) is 8.01. The van der Waals surface area contributed by atoms with E-state index in [0.29, 0.717) is 0 Å². The molecule has 2 nitrogen and oxygen atoms in total. The number of aryl methyl sites for hydroxylation is 1. The summed E-state index contributed by atoms with van der Waals surface area (Å²) in [6.07, 6.45) is 5.78. The largest absolute Gasteiger partial charge is 0.326 e. The lowest BCUT2D eigenvalue weighted by molar-refractivity contribution is -0.121. The molecule has 0 atom stereocenters. The molecule has 0 unspecified atom stereocenters. The van der Waals surface area contributed by atoms with Crippen LogP contribution < -0.4 is 5.32 Å². The molecule has 2 heteroatoms. The van der Waals surface area contributed by atoms with E-state index in [1.54, 1.807) is 0 Å². The zero-order chi connectivity index (χ0) is 13.0. The highest BCUT2D eigenvalue weighted by atomic mass is 16.1. The van der Waals surface area contributed by atoms with Crippen molar-refractivity contribution in [2.24, 2.45) is 11.8 Å². The number of rotatable bonds is 3. The lowest BCUT2D eigenvalue weighted by Gasteiger charge is -2.26. The number of hydrogen-bond acceptors (Lipinski definition) is 1. The van der Waals surface area contributed by atoms with Crippen LogP contribution in [0.5, 0.6) is 0 Å². The van der Waals surface area contributed by atoms with E-state index in [4.69, 9.17) is 0 Å². The van der Waals surface area contributed by atoms with E-state index in [9.17, 15) is 4.79 Å². The Morgan fingerprint density at radius 1 is 1.28 bits per heavy atom. The fourth-order valence-corrected chi connectivity index (χ4v) is 2.80. The first-order valence-electron chi connectivity index (χ1n) is 7.06. The molecule has 1 amide bonds. The van der Waals surface area contributed by atoms with E-state index in [2.05, 4.69) is 12.2 Å². The van der Waals surface area contributed by atoms with E-state index in [0.717, 1.165) is 24.4 Å². The predicted molar refractivity (Wildman–Crippen MR) is 75.5 cm³/mol. The predicted octanol–water partition coefficient (Wildman–Crippen LogP) is 4.15. The van der Waals surface area contributed by atoms with Gasteiger partial charge < -0.3 is 5.32 Å². The number of anilines is 1. The second-order valence-corrected chi connectivity index (χ2v) is 5.48. The fourth-order valence-electron chi connectivity index (χ4n) is 2.80. The van der Waals surface area contributed by atoms with Crippen LogP contribution in [0.25, 0.3) is 0 Å². The van der Waals surface area contributed by atoms with Crippen molar-refractivity contribution in [2.45, 2.75) is 46.0 Å². The van der Waals surface area contributed by atoms with Gasteiger partial charge in [0, 0.05) is 11.6 Å². The first kappa shape index (κ1) is 13.1. The number of carbonyl (C=O) groups is 1. The van der Waals surface area contributed by atoms with Crippen LogP contribution in [0.3, 0.4) is 0 Å². The minimum Gasteiger partial charge on any atom is -0.326 e. The molecule has 0 saturated heterocycles. The highest BCUT2D eigenvalue weighted by Crippen LogP contribution is 2.31. The third-order valence-corrected chi connectivity index (χ3v) is 4.08. The van der Waals surface area contributed by atoms with E-state index in [1.807, 2.05) is 31.2 Å². The van der Waals surface area contributed by atoms with Crippen LogP contribution >= 0.6 is 0 Å². The van der Waals surface area contributed by atoms with Crippen LogP contribution in [0.2, 0.25) is 0 Å². The maximum Gasteiger partial charge on any atom is 0.227 e. The van der Waals surface area contributed by atoms with E-state index < -0.39 is 0 Å². The first-order valence-corrected chi connectivity index (χ1v) is 7.06. The molecule has 0 radical (unpaired) electrons. The quantitative estimate of drug-likeness (QED) is 0.851. The standard InChI is InChI=1S/C16H23NO/c1-3-13-7-9-14(10-8-13)16(18)17-15-6-4-5-12(2)11-15/h4-6,11,13-14H,3,7-10H2,1-2H3,(H,17,18). The lowest BCUT2D eigenvalue weighted by atomic mass is 9.80. The summed E-state index contributed by atoms with van der Waals surface area (Å²) in [5.41, 5.74) is 2.11. The Labute approximate surface area is 110 Å². The van der Waals surface area contributed by atoms with Crippen LogP contribution in [0, 0.1) is 18.8 Å². The number of hydrogen-bond donors (Lipinski definition) is 1. The monoisotopic (exact) mass is 245 g/mol. The van der Waals surface area contributed by atoms with Gasteiger partial charge in [-0.05, 0) is 56.2 Å². The molecule has 1 saturated carbocycles. The van der Waals surface area contributed by atoms with Gasteiger partial charge in [0.05, 0.1) is 0 Å². The Morgan fingerprint density at radius 3 is 2.61 bits per heavy atom. The maximum absolute atomic E-state index is 12.2. The van der Waals surface area contributed by atoms with Gasteiger partial charge in [0.1, 0.15) is 0 Å². The number of benzene rings is 1. The summed E-state index contributed by atoms with van der Waals surface area (Å²) >= 11 is 0. The van der Waals surface area contributed by atoms with Gasteiger partial charge in [-0.2, -0.15) is 0 Å². The van der Waals surface area contributed by atoms with Crippen LogP contribution in [0.4, 0.5) is 5.69 Å². The zero-order valence-corrected chi connectivity index (χ0v) is 11.4. The summed E-state index contributed by atoms with van der Waals surface area (Å²) < 4.78 is 0. The normalized spacial score (nSPS) is 23.7. The molecular formula is C16H23NO. The van der Waals surface area contributed by atoms with Crippen molar-refractivity contribution in [3.05, 3.63) is 29.8 Å². The smallest absolute Gasteiger partial charge is 0.227 e. The SMILES string of the molecule is CCC1CCC(C(=O)Nc2cccc(C)c2)CC1. The summed E-state index contributed by atoms with van der Waals surface area (Å²) in [7, 11) is 0. The summed E-state index contributed by atoms with van der Waals surface area (Å²) in [4.78, 5) is 12.2. The minimum atomic E-state index is 0.204. The van der Waals surface area contributed by atoms with Gasteiger partial charge >= 0.3 is 0 Å². The Bertz CT molecular complexity index is 405. The highest BCUT2D eigenvalue weighted by molar-refractivity contribution is 5.92. The average Bonchev–Trinajstić information content (AvgIpc) is 2.39. The minimum absolute atomic E-state index is 0.204. The van der Waals surface area contributed by atoms with Crippen molar-refractivity contribution in [2.75, 3.05) is 5.32 Å². The summed E-state index contributed by atoms with van der Waals surface area (Å²) in [5.74, 6) is 1.26. The van der Waals surface area contributed by atoms with Gasteiger partial charge in [-0.1, -0.05) is 25.5 Å². The molecule has 0 heterocycles. The van der Waals surface area contributed by atoms with Gasteiger partial charge in [-0.3, -0.25) is 4.79 Å². The van der Waals surface area contributed by atoms with Crippen molar-refractivity contribution in [1.29, 1.82) is 0 Å². The van der Waals surface area contributed by atoms with Crippen molar-refractivity contribution < 1.29 is 4.79 Å². The molecule has 18 heavy (non-hydrogen) atoms. The van der Waals surface area contributed by atoms with Crippen LogP contribution in [-0.4, -0.2) is 5.91 Å². The number of nitrogens with one attached hydrogen (secondary N) is 1. The van der Waals surface area contributed by atoms with Crippen molar-refractivity contribution in [3.63, 3.8) is 0 Å². The molecule has 0 aromatic heterocycles. The fraction of sp³-hybridized carbons (Fsp3) is 0.562.